The summed E-state index contributed by atoms with van der Waals surface area (Å²) in [6.07, 6.45) is 19.6. The van der Waals surface area contributed by atoms with Crippen LogP contribution in [0.2, 0.25) is 0 Å². The minimum Gasteiger partial charge on any atom is -0.484 e. The molecule has 1 fully saturated rings. The van der Waals surface area contributed by atoms with Crippen LogP contribution in [0.25, 0.3) is 0 Å². The van der Waals surface area contributed by atoms with E-state index in [1.165, 1.54) is 101 Å². The van der Waals surface area contributed by atoms with Crippen LogP contribution in [-0.2, 0) is 4.74 Å². The summed E-state index contributed by atoms with van der Waals surface area (Å²) in [5.41, 5.74) is 0. The van der Waals surface area contributed by atoms with Gasteiger partial charge in [0.25, 0.3) is 0 Å². The van der Waals surface area contributed by atoms with Gasteiger partial charge in [-0.25, -0.2) is 4.79 Å². The van der Waals surface area contributed by atoms with Crippen LogP contribution in [-0.4, -0.2) is 36.8 Å². The molecule has 1 aliphatic heterocycles. The van der Waals surface area contributed by atoms with Crippen molar-refractivity contribution < 1.29 is 14.3 Å². The Bertz CT molecular complexity index is 583. The highest BCUT2D eigenvalue weighted by molar-refractivity contribution is 7.15. The average Bonchev–Trinajstić information content (AvgIpc) is 3.26. The number of hydrogen-bond donors (Lipinski definition) is 0. The van der Waals surface area contributed by atoms with Crippen LogP contribution in [0.4, 0.5) is 0 Å². The molecule has 0 N–H and O–H groups in total. The molecule has 0 aromatic carbocycles. The standard InChI is InChI=1S/C26H45NO3S/c1-3-4-5-6-7-8-9-10-11-12-13-17-22-29-25-19-18-24(31-25)26(28)30-23(2)27-20-15-14-16-21-27/h18-19,23H,3-17,20-22H2,1-2H3. The Morgan fingerprint density at radius 2 is 1.48 bits per heavy atom. The van der Waals surface area contributed by atoms with Crippen LogP contribution in [0.1, 0.15) is 120 Å². The zero-order valence-corrected chi connectivity index (χ0v) is 20.9. The summed E-state index contributed by atoms with van der Waals surface area (Å²) in [7, 11) is 0. The van der Waals surface area contributed by atoms with Crippen molar-refractivity contribution in [2.24, 2.45) is 0 Å². The van der Waals surface area contributed by atoms with Gasteiger partial charge in [0.1, 0.15) is 4.88 Å². The maximum absolute atomic E-state index is 12.4. The maximum Gasteiger partial charge on any atom is 0.350 e. The second-order valence-corrected chi connectivity index (χ2v) is 10.0. The molecule has 0 aliphatic carbocycles. The predicted molar refractivity (Wildman–Crippen MR) is 131 cm³/mol. The van der Waals surface area contributed by atoms with Gasteiger partial charge in [-0.2, -0.15) is 0 Å². The molecule has 0 saturated carbocycles. The van der Waals surface area contributed by atoms with Crippen LogP contribution < -0.4 is 4.74 Å². The number of piperidine rings is 1. The van der Waals surface area contributed by atoms with E-state index in [2.05, 4.69) is 11.8 Å². The van der Waals surface area contributed by atoms with Crippen LogP contribution in [0.3, 0.4) is 0 Å². The fraction of sp³-hybridized carbons (Fsp3) is 0.808. The average molecular weight is 452 g/mol. The summed E-state index contributed by atoms with van der Waals surface area (Å²) in [6.45, 7) is 7.02. The fourth-order valence-corrected chi connectivity index (χ4v) is 4.96. The number of likely N-dealkylation sites (tertiary alicyclic amines) is 1. The van der Waals surface area contributed by atoms with Crippen molar-refractivity contribution in [1.82, 2.24) is 4.90 Å². The molecule has 1 aromatic rings. The molecule has 4 nitrogen and oxygen atoms in total. The van der Waals surface area contributed by atoms with E-state index in [-0.39, 0.29) is 12.2 Å². The molecule has 31 heavy (non-hydrogen) atoms. The summed E-state index contributed by atoms with van der Waals surface area (Å²) in [4.78, 5) is 15.3. The van der Waals surface area contributed by atoms with Crippen LogP contribution in [0, 0.1) is 0 Å². The quantitative estimate of drug-likeness (QED) is 0.179. The molecule has 1 atom stereocenters. The Morgan fingerprint density at radius 1 is 0.903 bits per heavy atom. The number of esters is 1. The fourth-order valence-electron chi connectivity index (χ4n) is 4.19. The number of nitrogens with zero attached hydrogens (tertiary/aromatic N) is 1. The first-order chi connectivity index (χ1) is 15.2. The van der Waals surface area contributed by atoms with Gasteiger partial charge in [-0.15, -0.1) is 0 Å². The van der Waals surface area contributed by atoms with E-state index < -0.39 is 0 Å². The zero-order chi connectivity index (χ0) is 22.2. The molecule has 0 amide bonds. The molecule has 0 radical (unpaired) electrons. The molecule has 0 bridgehead atoms. The maximum atomic E-state index is 12.4. The summed E-state index contributed by atoms with van der Waals surface area (Å²) in [5, 5.41) is 0.820. The van der Waals surface area contributed by atoms with Crippen LogP contribution >= 0.6 is 11.3 Å². The van der Waals surface area contributed by atoms with Crippen LogP contribution in [0.15, 0.2) is 12.1 Å². The second kappa shape index (κ2) is 16.5. The van der Waals surface area contributed by atoms with Crippen molar-refractivity contribution >= 4 is 17.3 Å². The van der Waals surface area contributed by atoms with Gasteiger partial charge in [0, 0.05) is 13.1 Å². The minimum absolute atomic E-state index is 0.152. The van der Waals surface area contributed by atoms with Gasteiger partial charge >= 0.3 is 5.97 Å². The summed E-state index contributed by atoms with van der Waals surface area (Å²) >= 11 is 1.40. The van der Waals surface area contributed by atoms with Gasteiger partial charge in [-0.3, -0.25) is 4.90 Å². The molecule has 1 aliphatic rings. The number of rotatable bonds is 17. The first-order valence-corrected chi connectivity index (χ1v) is 13.7. The Kier molecular flexibility index (Phi) is 14.0. The summed E-state index contributed by atoms with van der Waals surface area (Å²) in [6, 6.07) is 3.72. The highest BCUT2D eigenvalue weighted by Crippen LogP contribution is 2.26. The molecule has 2 heterocycles. The number of ether oxygens (including phenoxy) is 2. The lowest BCUT2D eigenvalue weighted by Gasteiger charge is -2.31. The van der Waals surface area contributed by atoms with Crippen molar-refractivity contribution in [3.63, 3.8) is 0 Å². The second-order valence-electron chi connectivity index (χ2n) is 8.96. The van der Waals surface area contributed by atoms with Gasteiger partial charge in [0.15, 0.2) is 11.3 Å². The van der Waals surface area contributed by atoms with E-state index in [4.69, 9.17) is 9.47 Å². The van der Waals surface area contributed by atoms with Gasteiger partial charge in [0.05, 0.1) is 6.61 Å². The van der Waals surface area contributed by atoms with Crippen LogP contribution in [0.5, 0.6) is 5.06 Å². The van der Waals surface area contributed by atoms with E-state index >= 15 is 0 Å². The largest absolute Gasteiger partial charge is 0.484 e. The monoisotopic (exact) mass is 451 g/mol. The van der Waals surface area contributed by atoms with Gasteiger partial charge in [-0.05, 0) is 38.3 Å². The Labute approximate surface area is 194 Å². The molecule has 2 rings (SSSR count). The van der Waals surface area contributed by atoms with Crippen molar-refractivity contribution in [2.75, 3.05) is 19.7 Å². The SMILES string of the molecule is CCCCCCCCCCCCCCOc1ccc(C(=O)OC(C)N2CCCCC2)s1. The molecular formula is C26H45NO3S. The third-order valence-corrected chi connectivity index (χ3v) is 7.18. The molecule has 5 heteroatoms. The smallest absolute Gasteiger partial charge is 0.350 e. The lowest BCUT2D eigenvalue weighted by molar-refractivity contribution is -0.0294. The third-order valence-electron chi connectivity index (χ3n) is 6.21. The normalized spacial score (nSPS) is 15.7. The summed E-state index contributed by atoms with van der Waals surface area (Å²) in [5.74, 6) is -0.233. The molecular weight excluding hydrogens is 406 g/mol. The van der Waals surface area contributed by atoms with E-state index in [0.29, 0.717) is 4.88 Å². The third kappa shape index (κ3) is 11.4. The number of thiophene rings is 1. The zero-order valence-electron chi connectivity index (χ0n) is 20.0. The first kappa shape index (κ1) is 26.2. The van der Waals surface area contributed by atoms with Crippen molar-refractivity contribution in [1.29, 1.82) is 0 Å². The Hall–Kier alpha value is -1.07. The summed E-state index contributed by atoms with van der Waals surface area (Å²) < 4.78 is 11.5. The Balaban J connectivity index is 1.47. The Morgan fingerprint density at radius 3 is 2.10 bits per heavy atom. The van der Waals surface area contributed by atoms with Crippen molar-refractivity contribution in [3.8, 4) is 5.06 Å². The number of unbranched alkanes of at least 4 members (excludes halogenated alkanes) is 11. The van der Waals surface area contributed by atoms with Gasteiger partial charge in [-0.1, -0.05) is 95.3 Å². The first-order valence-electron chi connectivity index (χ1n) is 12.9. The topological polar surface area (TPSA) is 38.8 Å². The number of carbonyl (C=O) groups excluding carboxylic acids is 1. The molecule has 178 valence electrons. The van der Waals surface area contributed by atoms with Gasteiger partial charge in [0.2, 0.25) is 0 Å². The lowest BCUT2D eigenvalue weighted by atomic mass is 10.1. The predicted octanol–water partition coefficient (Wildman–Crippen LogP) is 7.82. The molecule has 1 unspecified atom stereocenters. The highest BCUT2D eigenvalue weighted by atomic mass is 32.1. The molecule has 1 saturated heterocycles. The number of hydrogen-bond acceptors (Lipinski definition) is 5. The highest BCUT2D eigenvalue weighted by Gasteiger charge is 2.21. The number of carbonyl (C=O) groups is 1. The van der Waals surface area contributed by atoms with Crippen molar-refractivity contribution in [2.45, 2.75) is 116 Å². The van der Waals surface area contributed by atoms with Gasteiger partial charge < -0.3 is 9.47 Å². The minimum atomic E-state index is -0.233. The molecule has 1 aromatic heterocycles. The van der Waals surface area contributed by atoms with E-state index in [1.807, 2.05) is 19.1 Å². The van der Waals surface area contributed by atoms with Crippen molar-refractivity contribution in [3.05, 3.63) is 17.0 Å². The van der Waals surface area contributed by atoms with E-state index in [1.54, 1.807) is 0 Å². The van der Waals surface area contributed by atoms with E-state index in [0.717, 1.165) is 31.2 Å². The lowest BCUT2D eigenvalue weighted by Crippen LogP contribution is -2.40. The molecule has 0 spiro atoms. The van der Waals surface area contributed by atoms with E-state index in [9.17, 15) is 4.79 Å².